The maximum absolute atomic E-state index is 12.0. The predicted octanol–water partition coefficient (Wildman–Crippen LogP) is -0.793. The number of phenolic OH excluding ortho intramolecular Hbond substituents is 1. The Morgan fingerprint density at radius 1 is 1.13 bits per heavy atom. The highest BCUT2D eigenvalue weighted by atomic mass is 16.5. The monoisotopic (exact) mass is 324 g/mol. The van der Waals surface area contributed by atoms with E-state index in [0.717, 1.165) is 0 Å². The molecule has 1 aromatic carbocycles. The number of ketones is 1. The molecule has 0 saturated carbocycles. The molecule has 0 bridgehead atoms. The van der Waals surface area contributed by atoms with Crippen LogP contribution in [0.15, 0.2) is 30.3 Å². The molecule has 7 nitrogen and oxygen atoms in total. The van der Waals surface area contributed by atoms with Crippen LogP contribution in [0.3, 0.4) is 0 Å². The van der Waals surface area contributed by atoms with E-state index in [9.17, 15) is 25.2 Å². The molecule has 1 heterocycles. The predicted molar refractivity (Wildman–Crippen MR) is 80.5 cm³/mol. The van der Waals surface area contributed by atoms with Crippen molar-refractivity contribution >= 4 is 11.9 Å². The second kappa shape index (κ2) is 7.67. The fourth-order valence-corrected chi connectivity index (χ4v) is 2.43. The SMILES string of the molecule is O=C(/C=C/c1cccc(O)c1)C[C@@H]1O[C@H](CO)[C@H](O)[C@H](O)[C@H]1O. The smallest absolute Gasteiger partial charge is 0.158 e. The lowest BCUT2D eigenvalue weighted by molar-refractivity contribution is -0.229. The van der Waals surface area contributed by atoms with Crippen LogP contribution in [0.1, 0.15) is 12.0 Å². The van der Waals surface area contributed by atoms with Crippen LogP contribution in [0, 0.1) is 0 Å². The van der Waals surface area contributed by atoms with Crippen LogP contribution in [0.25, 0.3) is 6.08 Å². The van der Waals surface area contributed by atoms with Crippen LogP contribution in [-0.4, -0.2) is 68.4 Å². The first-order valence-corrected chi connectivity index (χ1v) is 7.23. The lowest BCUT2D eigenvalue weighted by Gasteiger charge is -2.39. The average molecular weight is 324 g/mol. The number of hydrogen-bond acceptors (Lipinski definition) is 7. The molecule has 7 heteroatoms. The molecule has 0 aromatic heterocycles. The van der Waals surface area contributed by atoms with E-state index in [-0.39, 0.29) is 18.0 Å². The molecular weight excluding hydrogens is 304 g/mol. The molecule has 0 unspecified atom stereocenters. The van der Waals surface area contributed by atoms with Crippen molar-refractivity contribution in [2.24, 2.45) is 0 Å². The van der Waals surface area contributed by atoms with Crippen LogP contribution in [0.2, 0.25) is 0 Å². The summed E-state index contributed by atoms with van der Waals surface area (Å²) in [4.78, 5) is 12.0. The van der Waals surface area contributed by atoms with Gasteiger partial charge in [0.1, 0.15) is 30.2 Å². The minimum atomic E-state index is -1.49. The largest absolute Gasteiger partial charge is 0.508 e. The molecule has 1 fully saturated rings. The van der Waals surface area contributed by atoms with E-state index in [1.807, 2.05) is 0 Å². The number of allylic oxidation sites excluding steroid dienone is 1. The van der Waals surface area contributed by atoms with Gasteiger partial charge in [0.2, 0.25) is 0 Å². The Morgan fingerprint density at radius 3 is 2.48 bits per heavy atom. The molecule has 0 spiro atoms. The Kier molecular flexibility index (Phi) is 5.86. The summed E-state index contributed by atoms with van der Waals surface area (Å²) >= 11 is 0. The van der Waals surface area contributed by atoms with E-state index in [4.69, 9.17) is 9.84 Å². The lowest BCUT2D eigenvalue weighted by atomic mass is 9.92. The average Bonchev–Trinajstić information content (AvgIpc) is 2.53. The first-order valence-electron chi connectivity index (χ1n) is 7.23. The van der Waals surface area contributed by atoms with Gasteiger partial charge in [-0.2, -0.15) is 0 Å². The Morgan fingerprint density at radius 2 is 1.83 bits per heavy atom. The number of phenols is 1. The maximum Gasteiger partial charge on any atom is 0.158 e. The van der Waals surface area contributed by atoms with Gasteiger partial charge in [0.05, 0.1) is 12.7 Å². The molecular formula is C16H20O7. The molecule has 2 rings (SSSR count). The van der Waals surface area contributed by atoms with Gasteiger partial charge in [-0.05, 0) is 23.8 Å². The van der Waals surface area contributed by atoms with Crippen LogP contribution in [0.4, 0.5) is 0 Å². The van der Waals surface area contributed by atoms with Crippen molar-refractivity contribution < 1.29 is 35.1 Å². The highest BCUT2D eigenvalue weighted by molar-refractivity contribution is 5.94. The third-order valence-corrected chi connectivity index (χ3v) is 3.73. The highest BCUT2D eigenvalue weighted by Crippen LogP contribution is 2.23. The molecule has 23 heavy (non-hydrogen) atoms. The lowest BCUT2D eigenvalue weighted by Crippen LogP contribution is -2.58. The van der Waals surface area contributed by atoms with Crippen LogP contribution in [-0.2, 0) is 9.53 Å². The normalized spacial score (nSPS) is 31.4. The van der Waals surface area contributed by atoms with E-state index < -0.39 is 37.1 Å². The number of carbonyl (C=O) groups is 1. The topological polar surface area (TPSA) is 127 Å². The Bertz CT molecular complexity index is 569. The molecule has 5 N–H and O–H groups in total. The van der Waals surface area contributed by atoms with E-state index in [0.29, 0.717) is 5.56 Å². The summed E-state index contributed by atoms with van der Waals surface area (Å²) in [5, 5.41) is 47.6. The second-order valence-corrected chi connectivity index (χ2v) is 5.47. The number of hydrogen-bond donors (Lipinski definition) is 5. The summed E-state index contributed by atoms with van der Waals surface area (Å²) in [5.41, 5.74) is 0.632. The molecule has 0 radical (unpaired) electrons. The first kappa shape index (κ1) is 17.6. The van der Waals surface area contributed by atoms with Gasteiger partial charge >= 0.3 is 0 Å². The summed E-state index contributed by atoms with van der Waals surface area (Å²) in [6, 6.07) is 6.33. The molecule has 1 aliphatic heterocycles. The quantitative estimate of drug-likeness (QED) is 0.449. The van der Waals surface area contributed by atoms with Gasteiger partial charge < -0.3 is 30.3 Å². The summed E-state index contributed by atoms with van der Waals surface area (Å²) in [5.74, 6) is -0.286. The number of ether oxygens (including phenoxy) is 1. The first-order chi connectivity index (χ1) is 10.9. The Hall–Kier alpha value is -1.77. The van der Waals surface area contributed by atoms with Gasteiger partial charge in [-0.15, -0.1) is 0 Å². The van der Waals surface area contributed by atoms with Crippen molar-refractivity contribution in [2.75, 3.05) is 6.61 Å². The molecule has 126 valence electrons. The minimum Gasteiger partial charge on any atom is -0.508 e. The molecule has 1 aliphatic rings. The third-order valence-electron chi connectivity index (χ3n) is 3.73. The number of carbonyl (C=O) groups excluding carboxylic acids is 1. The highest BCUT2D eigenvalue weighted by Gasteiger charge is 2.43. The summed E-state index contributed by atoms with van der Waals surface area (Å²) in [7, 11) is 0. The van der Waals surface area contributed by atoms with Crippen molar-refractivity contribution in [1.82, 2.24) is 0 Å². The summed E-state index contributed by atoms with van der Waals surface area (Å²) in [6.07, 6.45) is -3.84. The zero-order valence-corrected chi connectivity index (χ0v) is 12.3. The van der Waals surface area contributed by atoms with E-state index in [1.54, 1.807) is 12.1 Å². The van der Waals surface area contributed by atoms with Gasteiger partial charge in [-0.25, -0.2) is 0 Å². The summed E-state index contributed by atoms with van der Waals surface area (Å²) in [6.45, 7) is -0.533. The van der Waals surface area contributed by atoms with Gasteiger partial charge in [0.15, 0.2) is 5.78 Å². The van der Waals surface area contributed by atoms with Gasteiger partial charge in [-0.1, -0.05) is 18.2 Å². The number of aromatic hydroxyl groups is 1. The zero-order valence-electron chi connectivity index (χ0n) is 12.3. The van der Waals surface area contributed by atoms with Crippen molar-refractivity contribution in [3.05, 3.63) is 35.9 Å². The summed E-state index contributed by atoms with van der Waals surface area (Å²) < 4.78 is 5.27. The molecule has 0 aliphatic carbocycles. The molecule has 1 saturated heterocycles. The van der Waals surface area contributed by atoms with E-state index in [2.05, 4.69) is 0 Å². The van der Waals surface area contributed by atoms with Gasteiger partial charge in [0, 0.05) is 6.42 Å². The third kappa shape index (κ3) is 4.37. The van der Waals surface area contributed by atoms with Gasteiger partial charge in [0.25, 0.3) is 0 Å². The Labute approximate surface area is 133 Å². The second-order valence-electron chi connectivity index (χ2n) is 5.47. The fraction of sp³-hybridized carbons (Fsp3) is 0.438. The molecule has 0 amide bonds. The van der Waals surface area contributed by atoms with Crippen molar-refractivity contribution in [1.29, 1.82) is 0 Å². The minimum absolute atomic E-state index is 0.0773. The van der Waals surface area contributed by atoms with E-state index >= 15 is 0 Å². The Balaban J connectivity index is 1.99. The van der Waals surface area contributed by atoms with Crippen LogP contribution >= 0.6 is 0 Å². The van der Waals surface area contributed by atoms with Crippen molar-refractivity contribution in [3.8, 4) is 5.75 Å². The molecule has 5 atom stereocenters. The fourth-order valence-electron chi connectivity index (χ4n) is 2.43. The zero-order chi connectivity index (χ0) is 17.0. The van der Waals surface area contributed by atoms with Gasteiger partial charge in [-0.3, -0.25) is 4.79 Å². The number of rotatable bonds is 5. The van der Waals surface area contributed by atoms with Crippen molar-refractivity contribution in [2.45, 2.75) is 36.9 Å². The maximum atomic E-state index is 12.0. The standard InChI is InChI=1S/C16H20O7/c17-8-13-15(21)16(22)14(20)12(23-13)7-11(19)5-4-9-2-1-3-10(18)6-9/h1-6,12-18,20-22H,7-8H2/b5-4+/t12-,13+,14-,15-,16+/m0/s1. The van der Waals surface area contributed by atoms with E-state index in [1.165, 1.54) is 24.3 Å². The number of aliphatic hydroxyl groups is 4. The number of aliphatic hydroxyl groups excluding tert-OH is 4. The number of benzene rings is 1. The van der Waals surface area contributed by atoms with Crippen LogP contribution in [0.5, 0.6) is 5.75 Å². The van der Waals surface area contributed by atoms with Crippen molar-refractivity contribution in [3.63, 3.8) is 0 Å². The molecule has 1 aromatic rings. The van der Waals surface area contributed by atoms with Crippen LogP contribution < -0.4 is 0 Å².